The molecule has 8 aliphatic rings. The quantitative estimate of drug-likeness (QED) is 0.145. The number of aromatic nitrogens is 3. The number of amides is 4. The molecule has 8 aliphatic heterocycles. The molecular formula is C58H66F2N10O8. The summed E-state index contributed by atoms with van der Waals surface area (Å²) in [6.07, 6.45) is 7.86. The van der Waals surface area contributed by atoms with Crippen molar-refractivity contribution in [1.82, 2.24) is 39.9 Å². The third-order valence-electron chi connectivity index (χ3n) is 18.3. The van der Waals surface area contributed by atoms with Crippen LogP contribution in [0.4, 0.5) is 25.1 Å². The third-order valence-corrected chi connectivity index (χ3v) is 18.3. The van der Waals surface area contributed by atoms with Gasteiger partial charge in [0.25, 0.3) is 5.91 Å². The Bertz CT molecular complexity index is 3240. The van der Waals surface area contributed by atoms with Crippen LogP contribution in [-0.4, -0.2) is 172 Å². The minimum absolute atomic E-state index is 0.00609. The first-order chi connectivity index (χ1) is 37.9. The Balaban J connectivity index is 0.647. The van der Waals surface area contributed by atoms with E-state index in [1.54, 1.807) is 17.0 Å². The summed E-state index contributed by atoms with van der Waals surface area (Å²) in [6, 6.07) is 11.7. The van der Waals surface area contributed by atoms with Crippen molar-refractivity contribution in [3.63, 3.8) is 0 Å². The first kappa shape index (κ1) is 50.7. The predicted octanol–water partition coefficient (Wildman–Crippen LogP) is 6.49. The van der Waals surface area contributed by atoms with Crippen LogP contribution in [0.25, 0.3) is 32.9 Å². The highest BCUT2D eigenvalue weighted by Gasteiger charge is 2.51. The average Bonchev–Trinajstić information content (AvgIpc) is 4.20. The molecule has 6 fully saturated rings. The van der Waals surface area contributed by atoms with E-state index in [0.717, 1.165) is 88.9 Å². The Morgan fingerprint density at radius 3 is 2.51 bits per heavy atom. The third kappa shape index (κ3) is 9.00. The number of phenols is 1. The second-order valence-corrected chi connectivity index (χ2v) is 22.6. The van der Waals surface area contributed by atoms with E-state index in [9.17, 15) is 24.3 Å². The number of carbonyl (C=O) groups is 4. The number of fused-ring (bicyclic) bond motifs is 5. The fourth-order valence-corrected chi connectivity index (χ4v) is 14.3. The van der Waals surface area contributed by atoms with Gasteiger partial charge >= 0.3 is 12.1 Å². The molecule has 6 saturated heterocycles. The number of phenolic OH excluding ortho intramolecular Hbond substituents is 1. The van der Waals surface area contributed by atoms with Crippen LogP contribution in [0.15, 0.2) is 42.5 Å². The summed E-state index contributed by atoms with van der Waals surface area (Å²) in [5.41, 5.74) is 3.65. The maximum absolute atomic E-state index is 17.5. The first-order valence-corrected chi connectivity index (χ1v) is 28.2. The van der Waals surface area contributed by atoms with Crippen molar-refractivity contribution in [1.29, 1.82) is 0 Å². The number of nitrogens with zero attached hydrogens (tertiary/aromatic N) is 9. The number of pyridine rings is 1. The largest absolute Gasteiger partial charge is 0.508 e. The van der Waals surface area contributed by atoms with Gasteiger partial charge in [-0.2, -0.15) is 9.97 Å². The van der Waals surface area contributed by atoms with Crippen LogP contribution in [0.3, 0.4) is 0 Å². The van der Waals surface area contributed by atoms with E-state index in [2.05, 4.69) is 31.0 Å². The Morgan fingerprint density at radius 1 is 0.846 bits per heavy atom. The number of imide groups is 1. The van der Waals surface area contributed by atoms with Gasteiger partial charge in [-0.3, -0.25) is 29.5 Å². The van der Waals surface area contributed by atoms with Crippen molar-refractivity contribution < 1.29 is 47.3 Å². The van der Waals surface area contributed by atoms with Crippen molar-refractivity contribution >= 4 is 57.0 Å². The van der Waals surface area contributed by atoms with Crippen molar-refractivity contribution in [3.8, 4) is 23.0 Å². The molecule has 3 aromatic carbocycles. The molecular weight excluding hydrogens is 1000 g/mol. The van der Waals surface area contributed by atoms with Crippen LogP contribution in [0.5, 0.6) is 11.8 Å². The predicted molar refractivity (Wildman–Crippen MR) is 286 cm³/mol. The molecule has 0 bridgehead atoms. The standard InChI is InChI=1S/C58H66F2N10O8/c1-2-41-44(59)9-5-34-28-40(71)29-43(48(34)41)51-50(60)52-49-45(61-51)10-7-38-31-76-26-4-18-68(38)53(49)64-56(63-52)78-33-58-16-3-19-70(58)39(13-17-58)32-77-57(75)67-20-14-36(15-21-67)65-22-24-66(25-23-65)37-6-8-42-35(27-37)30-69(55(42)74)46-11-12-47(72)62-54(46)73/h5-6,8-9,27-29,36,38-39,46,71H,2-4,7,10-26,30-33H2,1H3,(H,62,72,73)/t38-,39-,46?,58-/m0/s1. The number of anilines is 2. The summed E-state index contributed by atoms with van der Waals surface area (Å²) in [5, 5.41) is 14.9. The van der Waals surface area contributed by atoms with Gasteiger partial charge < -0.3 is 38.9 Å². The first-order valence-electron chi connectivity index (χ1n) is 28.2. The number of hydrogen-bond donors (Lipinski definition) is 2. The Hall–Kier alpha value is -6.77. The number of piperazine rings is 1. The fourth-order valence-electron chi connectivity index (χ4n) is 14.3. The highest BCUT2D eigenvalue weighted by molar-refractivity contribution is 6.06. The zero-order chi connectivity index (χ0) is 53.4. The van der Waals surface area contributed by atoms with Gasteiger partial charge in [-0.05, 0) is 135 Å². The van der Waals surface area contributed by atoms with Gasteiger partial charge in [-0.25, -0.2) is 18.6 Å². The van der Waals surface area contributed by atoms with E-state index in [4.69, 9.17) is 29.2 Å². The summed E-state index contributed by atoms with van der Waals surface area (Å²) in [5.74, 6) is -1.48. The van der Waals surface area contributed by atoms with Crippen LogP contribution in [0.1, 0.15) is 98.3 Å². The van der Waals surface area contributed by atoms with Crippen LogP contribution in [0, 0.1) is 11.6 Å². The monoisotopic (exact) mass is 1070 g/mol. The van der Waals surface area contributed by atoms with Crippen molar-refractivity contribution in [3.05, 3.63) is 76.5 Å². The molecule has 2 aromatic heterocycles. The van der Waals surface area contributed by atoms with E-state index in [-0.39, 0.29) is 78.1 Å². The lowest BCUT2D eigenvalue weighted by atomic mass is 9.94. The van der Waals surface area contributed by atoms with Gasteiger partial charge in [0.15, 0.2) is 5.82 Å². The zero-order valence-corrected chi connectivity index (χ0v) is 44.1. The minimum atomic E-state index is -0.687. The van der Waals surface area contributed by atoms with Gasteiger partial charge in [0, 0.05) is 94.3 Å². The van der Waals surface area contributed by atoms with E-state index < -0.39 is 23.6 Å². The zero-order valence-electron chi connectivity index (χ0n) is 44.1. The number of ether oxygens (including phenoxy) is 3. The van der Waals surface area contributed by atoms with Gasteiger partial charge in [0.2, 0.25) is 11.8 Å². The van der Waals surface area contributed by atoms with Gasteiger partial charge in [-0.15, -0.1) is 0 Å². The topological polar surface area (TPSA) is 186 Å². The van der Waals surface area contributed by atoms with Crippen LogP contribution in [-0.2, 0) is 38.4 Å². The Kier molecular flexibility index (Phi) is 13.3. The lowest BCUT2D eigenvalue weighted by Gasteiger charge is -2.43. The molecule has 20 heteroatoms. The molecule has 5 aromatic rings. The number of nitrogens with one attached hydrogen (secondary N) is 1. The van der Waals surface area contributed by atoms with E-state index in [1.807, 2.05) is 24.0 Å². The Morgan fingerprint density at radius 2 is 1.69 bits per heavy atom. The highest BCUT2D eigenvalue weighted by atomic mass is 19.1. The van der Waals surface area contributed by atoms with Crippen molar-refractivity contribution in [2.45, 2.75) is 120 Å². The second kappa shape index (κ2) is 20.5. The normalized spacial score (nSPS) is 25.1. The minimum Gasteiger partial charge on any atom is -0.508 e. The molecule has 4 atom stereocenters. The molecule has 0 aliphatic carbocycles. The molecule has 78 heavy (non-hydrogen) atoms. The summed E-state index contributed by atoms with van der Waals surface area (Å²) >= 11 is 0. The fraction of sp³-hybridized carbons (Fsp3) is 0.534. The number of aryl methyl sites for hydroxylation is 2. The average molecular weight is 1070 g/mol. The smallest absolute Gasteiger partial charge is 0.409 e. The van der Waals surface area contributed by atoms with E-state index >= 15 is 8.78 Å². The molecule has 0 saturated carbocycles. The molecule has 18 nitrogen and oxygen atoms in total. The number of aromatic hydroxyl groups is 1. The number of hydrogen-bond acceptors (Lipinski definition) is 15. The molecule has 13 rings (SSSR count). The molecule has 1 unspecified atom stereocenters. The van der Waals surface area contributed by atoms with Crippen molar-refractivity contribution in [2.75, 3.05) is 88.6 Å². The molecule has 410 valence electrons. The molecule has 4 amide bonds. The highest BCUT2D eigenvalue weighted by Crippen LogP contribution is 2.45. The number of piperidine rings is 2. The summed E-state index contributed by atoms with van der Waals surface area (Å²) in [7, 11) is 0. The number of likely N-dealkylation sites (tertiary alicyclic amines) is 1. The van der Waals surface area contributed by atoms with E-state index in [0.29, 0.717) is 115 Å². The Labute approximate surface area is 451 Å². The summed E-state index contributed by atoms with van der Waals surface area (Å²) in [4.78, 5) is 79.0. The number of carbonyl (C=O) groups excluding carboxylic acids is 4. The maximum atomic E-state index is 17.5. The molecule has 0 spiro atoms. The molecule has 10 heterocycles. The summed E-state index contributed by atoms with van der Waals surface area (Å²) < 4.78 is 51.7. The molecule has 2 N–H and O–H groups in total. The van der Waals surface area contributed by atoms with E-state index in [1.165, 1.54) is 12.1 Å². The van der Waals surface area contributed by atoms with Crippen LogP contribution in [0.2, 0.25) is 0 Å². The lowest BCUT2D eigenvalue weighted by Crippen LogP contribution is -2.54. The second-order valence-electron chi connectivity index (χ2n) is 22.6. The van der Waals surface area contributed by atoms with Gasteiger partial charge in [0.1, 0.15) is 47.9 Å². The van der Waals surface area contributed by atoms with Gasteiger partial charge in [0.05, 0.1) is 29.3 Å². The number of benzene rings is 3. The lowest BCUT2D eigenvalue weighted by molar-refractivity contribution is -0.136. The van der Waals surface area contributed by atoms with Crippen molar-refractivity contribution in [2.24, 2.45) is 0 Å². The maximum Gasteiger partial charge on any atom is 0.409 e. The number of rotatable bonds is 10. The molecule has 0 radical (unpaired) electrons. The number of halogens is 2. The SMILES string of the molecule is CCc1c(F)ccc2cc(O)cc(-c3nc4c5c(nc(OC[C@@]67CCCN6[C@H](COC(=O)N6CCC(N8CCN(c9ccc%10c(c9)CN(C9CCC(=O)NC9=O)C%10=O)CC8)CC6)CC7)nc5c3F)N3CCCOC[C@@H]3CC4)c12. The summed E-state index contributed by atoms with van der Waals surface area (Å²) in [6.45, 7) is 10.0. The van der Waals surface area contributed by atoms with Crippen LogP contribution < -0.4 is 19.9 Å². The van der Waals surface area contributed by atoms with Gasteiger partial charge in [-0.1, -0.05) is 13.0 Å². The van der Waals surface area contributed by atoms with Crippen LogP contribution >= 0.6 is 0 Å².